The Morgan fingerprint density at radius 3 is 0.971 bits per heavy atom. The molecule has 0 aliphatic rings. The van der Waals surface area contributed by atoms with Crippen molar-refractivity contribution >= 4 is 5.78 Å². The van der Waals surface area contributed by atoms with E-state index >= 15 is 0 Å². The number of rotatable bonds is 8. The zero-order chi connectivity index (χ0) is 26.2. The molecule has 0 unspecified atom stereocenters. The molecular formula is C31H46O3. The smallest absolute Gasteiger partial charge is 0.194 e. The largest absolute Gasteiger partial charge is 0.508 e. The summed E-state index contributed by atoms with van der Waals surface area (Å²) in [5, 5.41) is 22.0. The van der Waals surface area contributed by atoms with Crippen molar-refractivity contribution in [3.05, 3.63) is 56.6 Å². The second-order valence-corrected chi connectivity index (χ2v) is 11.6. The Bertz CT molecular complexity index is 970. The van der Waals surface area contributed by atoms with Gasteiger partial charge in [0.05, 0.1) is 0 Å². The number of carbonyl (C=O) groups excluding carboxylic acids is 1. The average molecular weight is 467 g/mol. The molecule has 0 radical (unpaired) electrons. The first-order valence-electron chi connectivity index (χ1n) is 13.0. The van der Waals surface area contributed by atoms with Crippen LogP contribution >= 0.6 is 0 Å². The lowest BCUT2D eigenvalue weighted by atomic mass is 9.74. The van der Waals surface area contributed by atoms with Crippen LogP contribution in [0.5, 0.6) is 11.5 Å². The predicted octanol–water partition coefficient (Wildman–Crippen LogP) is 9.07. The molecule has 0 spiro atoms. The van der Waals surface area contributed by atoms with Crippen molar-refractivity contribution in [3.63, 3.8) is 0 Å². The van der Waals surface area contributed by atoms with E-state index < -0.39 is 0 Å². The van der Waals surface area contributed by atoms with Gasteiger partial charge in [-0.2, -0.15) is 0 Å². The third-order valence-corrected chi connectivity index (χ3v) is 6.84. The Morgan fingerprint density at radius 2 is 0.765 bits per heavy atom. The van der Waals surface area contributed by atoms with Gasteiger partial charge in [0.15, 0.2) is 5.78 Å². The van der Waals surface area contributed by atoms with Crippen LogP contribution in [0.25, 0.3) is 0 Å². The van der Waals surface area contributed by atoms with Gasteiger partial charge in [0.1, 0.15) is 11.5 Å². The molecular weight excluding hydrogens is 420 g/mol. The van der Waals surface area contributed by atoms with E-state index in [0.29, 0.717) is 0 Å². The molecule has 34 heavy (non-hydrogen) atoms. The Hall–Kier alpha value is -2.29. The summed E-state index contributed by atoms with van der Waals surface area (Å²) in [4.78, 5) is 14.8. The minimum absolute atomic E-state index is 0.0172. The molecule has 0 bridgehead atoms. The summed E-state index contributed by atoms with van der Waals surface area (Å²) < 4.78 is 0. The van der Waals surface area contributed by atoms with Gasteiger partial charge in [-0.1, -0.05) is 83.1 Å². The van der Waals surface area contributed by atoms with Gasteiger partial charge < -0.3 is 10.2 Å². The number of phenols is 2. The second kappa shape index (κ2) is 10.5. The van der Waals surface area contributed by atoms with Gasteiger partial charge in [-0.25, -0.2) is 0 Å². The number of phenolic OH excluding ortho intramolecular Hbond substituents is 2. The van der Waals surface area contributed by atoms with Crippen molar-refractivity contribution in [1.29, 1.82) is 0 Å². The maximum atomic E-state index is 14.8. The summed E-state index contributed by atoms with van der Waals surface area (Å²) in [7, 11) is 0. The number of aromatic hydroxyl groups is 2. The first-order valence-corrected chi connectivity index (χ1v) is 13.0. The molecule has 0 heterocycles. The highest BCUT2D eigenvalue weighted by molar-refractivity contribution is 6.14. The first kappa shape index (κ1) is 28.0. The fourth-order valence-corrected chi connectivity index (χ4v) is 5.41. The number of hydrogen-bond donors (Lipinski definition) is 2. The van der Waals surface area contributed by atoms with Crippen LogP contribution in [-0.4, -0.2) is 16.0 Å². The van der Waals surface area contributed by atoms with Gasteiger partial charge in [0, 0.05) is 22.3 Å². The van der Waals surface area contributed by atoms with Crippen LogP contribution in [0.15, 0.2) is 12.1 Å². The Labute approximate surface area is 207 Å². The molecule has 0 amide bonds. The van der Waals surface area contributed by atoms with E-state index in [2.05, 4.69) is 83.1 Å². The summed E-state index contributed by atoms with van der Waals surface area (Å²) in [6.07, 6.45) is 0. The van der Waals surface area contributed by atoms with Crippen molar-refractivity contribution in [2.75, 3.05) is 0 Å². The first-order chi connectivity index (χ1) is 15.6. The van der Waals surface area contributed by atoms with E-state index in [9.17, 15) is 15.0 Å². The van der Waals surface area contributed by atoms with Crippen LogP contribution in [0.2, 0.25) is 0 Å². The van der Waals surface area contributed by atoms with Gasteiger partial charge in [-0.05, 0) is 69.9 Å². The number of ketones is 1. The second-order valence-electron chi connectivity index (χ2n) is 11.6. The maximum Gasteiger partial charge on any atom is 0.194 e. The predicted molar refractivity (Wildman–Crippen MR) is 144 cm³/mol. The van der Waals surface area contributed by atoms with Crippen LogP contribution < -0.4 is 0 Å². The lowest BCUT2D eigenvalue weighted by Crippen LogP contribution is -2.20. The Morgan fingerprint density at radius 1 is 0.500 bits per heavy atom. The van der Waals surface area contributed by atoms with E-state index in [0.717, 1.165) is 44.5 Å². The highest BCUT2D eigenvalue weighted by Crippen LogP contribution is 2.45. The molecule has 2 rings (SSSR count). The van der Waals surface area contributed by atoms with Crippen molar-refractivity contribution in [2.24, 2.45) is 0 Å². The van der Waals surface area contributed by atoms with Crippen molar-refractivity contribution in [2.45, 2.75) is 119 Å². The van der Waals surface area contributed by atoms with Gasteiger partial charge in [0.2, 0.25) is 0 Å². The topological polar surface area (TPSA) is 57.5 Å². The SMILES string of the molecule is CC(C)c1cc(O)c(C(C)C)c(C(C)C)c1C(=O)c1c(C(C)C)cc(O)c(C(C)C)c1C(C)C. The lowest BCUT2D eigenvalue weighted by Gasteiger charge is -2.29. The van der Waals surface area contributed by atoms with E-state index in [4.69, 9.17) is 0 Å². The van der Waals surface area contributed by atoms with Gasteiger partial charge in [-0.3, -0.25) is 4.79 Å². The fraction of sp³-hybridized carbons (Fsp3) is 0.581. The fourth-order valence-electron chi connectivity index (χ4n) is 5.41. The average Bonchev–Trinajstić information content (AvgIpc) is 2.70. The van der Waals surface area contributed by atoms with E-state index in [1.54, 1.807) is 0 Å². The Kier molecular flexibility index (Phi) is 8.67. The summed E-state index contributed by atoms with van der Waals surface area (Å²) in [6.45, 7) is 25.0. The monoisotopic (exact) mass is 466 g/mol. The van der Waals surface area contributed by atoms with Gasteiger partial charge >= 0.3 is 0 Å². The van der Waals surface area contributed by atoms with Crippen LogP contribution in [0.1, 0.15) is 168 Å². The molecule has 0 aliphatic heterocycles. The van der Waals surface area contributed by atoms with E-state index in [-0.39, 0.29) is 52.8 Å². The summed E-state index contributed by atoms with van der Waals surface area (Å²) >= 11 is 0. The minimum atomic E-state index is 0.0172. The molecule has 0 atom stereocenters. The van der Waals surface area contributed by atoms with Crippen LogP contribution in [-0.2, 0) is 0 Å². The molecule has 3 nitrogen and oxygen atoms in total. The zero-order valence-electron chi connectivity index (χ0n) is 23.4. The Balaban J connectivity index is 3.17. The zero-order valence-corrected chi connectivity index (χ0v) is 23.4. The van der Waals surface area contributed by atoms with Gasteiger partial charge in [0.25, 0.3) is 0 Å². The van der Waals surface area contributed by atoms with Crippen molar-refractivity contribution < 1.29 is 15.0 Å². The summed E-state index contributed by atoms with van der Waals surface area (Å²) in [6, 6.07) is 3.62. The molecule has 0 saturated heterocycles. The molecule has 0 fully saturated rings. The maximum absolute atomic E-state index is 14.8. The molecule has 3 heteroatoms. The molecule has 0 aliphatic carbocycles. The molecule has 0 saturated carbocycles. The molecule has 0 aromatic heterocycles. The van der Waals surface area contributed by atoms with Crippen LogP contribution in [0, 0.1) is 0 Å². The molecule has 2 aromatic carbocycles. The summed E-state index contributed by atoms with van der Waals surface area (Å²) in [5.41, 5.74) is 6.87. The quantitative estimate of drug-likeness (QED) is 0.381. The third-order valence-electron chi connectivity index (χ3n) is 6.84. The van der Waals surface area contributed by atoms with Gasteiger partial charge in [-0.15, -0.1) is 0 Å². The third kappa shape index (κ3) is 5.04. The number of carbonyl (C=O) groups is 1. The number of benzene rings is 2. The summed E-state index contributed by atoms with van der Waals surface area (Å²) in [5.74, 6) is 1.06. The van der Waals surface area contributed by atoms with E-state index in [1.165, 1.54) is 0 Å². The normalized spacial score (nSPS) is 12.3. The van der Waals surface area contributed by atoms with Crippen LogP contribution in [0.4, 0.5) is 0 Å². The lowest BCUT2D eigenvalue weighted by molar-refractivity contribution is 0.103. The van der Waals surface area contributed by atoms with Crippen LogP contribution in [0.3, 0.4) is 0 Å². The van der Waals surface area contributed by atoms with E-state index in [1.807, 2.05) is 12.1 Å². The standard InChI is InChI=1S/C31H46O3/c1-15(2)21-13-23(32)25(17(5)6)27(19(9)10)29(21)31(34)30-22(16(3)4)14-24(33)26(18(7)8)28(30)20(11)12/h13-20,32-33H,1-12H3. The molecule has 2 aromatic rings. The van der Waals surface area contributed by atoms with Crippen molar-refractivity contribution in [1.82, 2.24) is 0 Å². The van der Waals surface area contributed by atoms with Crippen molar-refractivity contribution in [3.8, 4) is 11.5 Å². The highest BCUT2D eigenvalue weighted by atomic mass is 16.3. The number of hydrogen-bond acceptors (Lipinski definition) is 3. The highest BCUT2D eigenvalue weighted by Gasteiger charge is 2.33. The molecule has 2 N–H and O–H groups in total. The molecule has 188 valence electrons. The minimum Gasteiger partial charge on any atom is -0.508 e.